The van der Waals surface area contributed by atoms with Gasteiger partial charge in [0, 0.05) is 10.8 Å². The van der Waals surface area contributed by atoms with Crippen molar-refractivity contribution in [3.63, 3.8) is 0 Å². The van der Waals surface area contributed by atoms with Crippen LogP contribution in [0.4, 0.5) is 43.9 Å². The van der Waals surface area contributed by atoms with Crippen molar-refractivity contribution in [1.29, 1.82) is 0 Å². The highest BCUT2D eigenvalue weighted by Gasteiger charge is 2.93. The van der Waals surface area contributed by atoms with E-state index in [2.05, 4.69) is 16.1 Å². The summed E-state index contributed by atoms with van der Waals surface area (Å²) < 4.78 is 150. The molecule has 1 saturated carbocycles. The quantitative estimate of drug-likeness (QED) is 0.132. The van der Waals surface area contributed by atoms with E-state index in [0.717, 1.165) is 0 Å². The van der Waals surface area contributed by atoms with Crippen LogP contribution < -0.4 is 0 Å². The first-order valence-corrected chi connectivity index (χ1v) is 9.47. The molecule has 1 aliphatic heterocycles. The van der Waals surface area contributed by atoms with Crippen LogP contribution in [0.2, 0.25) is 0 Å². The molecule has 0 aromatic rings. The summed E-state index contributed by atoms with van der Waals surface area (Å²) >= 11 is 0. The maximum Gasteiger partial charge on any atom is 0.424 e. The third kappa shape index (κ3) is 3.68. The van der Waals surface area contributed by atoms with Gasteiger partial charge >= 0.3 is 36.1 Å². The Hall–Kier alpha value is -2.26. The lowest BCUT2D eigenvalue weighted by molar-refractivity contribution is -0.525. The van der Waals surface area contributed by atoms with Crippen molar-refractivity contribution in [2.75, 3.05) is 0 Å². The van der Waals surface area contributed by atoms with E-state index in [-0.39, 0.29) is 19.3 Å². The molecular formula is C17H17F10N3O4. The van der Waals surface area contributed by atoms with Crippen molar-refractivity contribution in [3.05, 3.63) is 22.6 Å². The number of carbonyl (C=O) groups excluding carboxylic acids is 1. The number of carbonyl (C=O) groups is 1. The van der Waals surface area contributed by atoms with Gasteiger partial charge < -0.3 is 14.6 Å². The van der Waals surface area contributed by atoms with Gasteiger partial charge in [0.2, 0.25) is 11.2 Å². The lowest BCUT2D eigenvalue weighted by Gasteiger charge is -2.60. The van der Waals surface area contributed by atoms with Crippen LogP contribution in [0.25, 0.3) is 10.4 Å². The normalized spacial score (nSPS) is 34.1. The summed E-state index contributed by atoms with van der Waals surface area (Å²) in [7, 11) is 0. The van der Waals surface area contributed by atoms with Crippen LogP contribution in [-0.2, 0) is 14.3 Å². The number of ether oxygens (including phenoxy) is 2. The Morgan fingerprint density at radius 1 is 1.09 bits per heavy atom. The first kappa shape index (κ1) is 28.0. The molecule has 3 atom stereocenters. The van der Waals surface area contributed by atoms with Crippen LogP contribution in [0, 0.1) is 5.92 Å². The van der Waals surface area contributed by atoms with Gasteiger partial charge in [-0.2, -0.15) is 43.9 Å². The molecule has 34 heavy (non-hydrogen) atoms. The summed E-state index contributed by atoms with van der Waals surface area (Å²) in [5, 5.41) is 12.2. The summed E-state index contributed by atoms with van der Waals surface area (Å²) in [5.74, 6) is -22.3. The number of azide groups is 1. The zero-order valence-corrected chi connectivity index (χ0v) is 17.1. The number of nitrogens with zero attached hydrogens (tertiary/aromatic N) is 3. The van der Waals surface area contributed by atoms with Crippen molar-refractivity contribution in [3.8, 4) is 0 Å². The van der Waals surface area contributed by atoms with Gasteiger partial charge in [-0.1, -0.05) is 25.8 Å². The van der Waals surface area contributed by atoms with E-state index in [4.69, 9.17) is 5.53 Å². The van der Waals surface area contributed by atoms with Gasteiger partial charge in [-0.15, -0.1) is 0 Å². The topological polar surface area (TPSA) is 105 Å². The van der Waals surface area contributed by atoms with Gasteiger partial charge in [-0.25, -0.2) is 4.79 Å². The molecule has 1 heterocycles. The fraction of sp³-hybridized carbons (Fsp3) is 0.824. The molecule has 1 aliphatic carbocycles. The monoisotopic (exact) mass is 517 g/mol. The zero-order chi connectivity index (χ0) is 26.6. The van der Waals surface area contributed by atoms with E-state index in [1.54, 1.807) is 4.91 Å². The fourth-order valence-corrected chi connectivity index (χ4v) is 4.17. The SMILES string of the molecule is C=C(C(=O)OC1(C)C(F)(F)C(O)(N=[N+]=[N-])OC(C2CCCCC2)(C(F)(F)F)C1(F)F)C(F)(F)F. The minimum Gasteiger partial charge on any atom is -0.442 e. The summed E-state index contributed by atoms with van der Waals surface area (Å²) in [4.78, 5) is 13.5. The Labute approximate surface area is 184 Å². The molecular weight excluding hydrogens is 500 g/mol. The molecule has 1 saturated heterocycles. The van der Waals surface area contributed by atoms with E-state index in [9.17, 15) is 36.2 Å². The van der Waals surface area contributed by atoms with E-state index in [1.807, 2.05) is 5.11 Å². The maximum atomic E-state index is 15.7. The molecule has 0 spiro atoms. The number of esters is 1. The second-order valence-corrected chi connectivity index (χ2v) is 8.02. The second kappa shape index (κ2) is 8.16. The number of hydrogen-bond acceptors (Lipinski definition) is 5. The van der Waals surface area contributed by atoms with Crippen LogP contribution in [0.1, 0.15) is 39.0 Å². The average molecular weight is 517 g/mol. The standard InChI is InChI=1S/C17H17F10N3O4/c1-8(13(18,19)20)10(31)33-11(2)14(21,22)12(16(25,26)27,9-6-4-3-5-7-9)34-17(32,29-30-28)15(11,23)24/h9,32H,1,3-7H2,2H3. The predicted octanol–water partition coefficient (Wildman–Crippen LogP) is 5.55. The molecule has 2 aliphatic rings. The number of aliphatic hydroxyl groups is 1. The zero-order valence-electron chi connectivity index (χ0n) is 17.1. The molecule has 17 heteroatoms. The summed E-state index contributed by atoms with van der Waals surface area (Å²) in [6.07, 6.45) is -13.3. The molecule has 3 unspecified atom stereocenters. The van der Waals surface area contributed by atoms with Crippen LogP contribution in [0.3, 0.4) is 0 Å². The van der Waals surface area contributed by atoms with Gasteiger partial charge in [0.1, 0.15) is 5.57 Å². The molecule has 2 fully saturated rings. The molecule has 0 aromatic carbocycles. The minimum atomic E-state index is -6.29. The Morgan fingerprint density at radius 2 is 1.59 bits per heavy atom. The van der Waals surface area contributed by atoms with Crippen molar-refractivity contribution >= 4 is 5.97 Å². The van der Waals surface area contributed by atoms with Crippen LogP contribution in [-0.4, -0.2) is 52.4 Å². The number of alkyl halides is 10. The Morgan fingerprint density at radius 3 is 2.00 bits per heavy atom. The van der Waals surface area contributed by atoms with E-state index >= 15 is 17.6 Å². The molecule has 0 amide bonds. The van der Waals surface area contributed by atoms with Crippen LogP contribution in [0.15, 0.2) is 17.3 Å². The van der Waals surface area contributed by atoms with Gasteiger partial charge in [-0.05, 0) is 30.4 Å². The number of halogens is 10. The molecule has 1 N–H and O–H groups in total. The van der Waals surface area contributed by atoms with Crippen molar-refractivity contribution < 1.29 is 63.3 Å². The van der Waals surface area contributed by atoms with Crippen molar-refractivity contribution in [2.24, 2.45) is 11.0 Å². The lowest BCUT2D eigenvalue weighted by Crippen LogP contribution is -2.86. The summed E-state index contributed by atoms with van der Waals surface area (Å²) in [5.41, 5.74) is -4.30. The molecule has 7 nitrogen and oxygen atoms in total. The van der Waals surface area contributed by atoms with E-state index in [0.29, 0.717) is 0 Å². The van der Waals surface area contributed by atoms with Crippen LogP contribution >= 0.6 is 0 Å². The second-order valence-electron chi connectivity index (χ2n) is 8.02. The highest BCUT2D eigenvalue weighted by Crippen LogP contribution is 2.67. The first-order chi connectivity index (χ1) is 15.2. The van der Waals surface area contributed by atoms with Crippen molar-refractivity contribution in [1.82, 2.24) is 0 Å². The number of hydrogen-bond donors (Lipinski definition) is 1. The first-order valence-electron chi connectivity index (χ1n) is 9.47. The Kier molecular flexibility index (Phi) is 6.71. The minimum absolute atomic E-state index is 0.111. The van der Waals surface area contributed by atoms with Crippen molar-refractivity contribution in [2.45, 2.75) is 80.3 Å². The third-order valence-corrected chi connectivity index (χ3v) is 6.04. The van der Waals surface area contributed by atoms with Gasteiger partial charge in [0.15, 0.2) is 0 Å². The van der Waals surface area contributed by atoms with E-state index < -0.39 is 78.5 Å². The van der Waals surface area contributed by atoms with Gasteiger partial charge in [-0.3, -0.25) is 0 Å². The predicted molar refractivity (Wildman–Crippen MR) is 90.1 cm³/mol. The fourth-order valence-electron chi connectivity index (χ4n) is 4.17. The molecule has 0 aromatic heterocycles. The largest absolute Gasteiger partial charge is 0.442 e. The average Bonchev–Trinajstić information content (AvgIpc) is 2.69. The van der Waals surface area contributed by atoms with E-state index in [1.165, 1.54) is 0 Å². The lowest BCUT2D eigenvalue weighted by atomic mass is 9.65. The molecule has 0 bridgehead atoms. The summed E-state index contributed by atoms with van der Waals surface area (Å²) in [6.45, 7) is 1.66. The molecule has 194 valence electrons. The Bertz CT molecular complexity index is 895. The highest BCUT2D eigenvalue weighted by molar-refractivity contribution is 5.89. The molecule has 0 radical (unpaired) electrons. The van der Waals surface area contributed by atoms with Crippen LogP contribution in [0.5, 0.6) is 0 Å². The van der Waals surface area contributed by atoms with Gasteiger partial charge in [0.05, 0.1) is 0 Å². The molecule has 2 rings (SSSR count). The summed E-state index contributed by atoms with van der Waals surface area (Å²) in [6, 6.07) is 0. The highest BCUT2D eigenvalue weighted by atomic mass is 19.4. The Balaban J connectivity index is 2.89. The number of rotatable bonds is 4. The smallest absolute Gasteiger partial charge is 0.424 e. The maximum absolute atomic E-state index is 15.7. The third-order valence-electron chi connectivity index (χ3n) is 6.04. The van der Waals surface area contributed by atoms with Gasteiger partial charge in [0.25, 0.3) is 0 Å².